The van der Waals surface area contributed by atoms with Crippen molar-refractivity contribution in [3.8, 4) is 6.07 Å². The molecular weight excluding hydrogens is 362 g/mol. The summed E-state index contributed by atoms with van der Waals surface area (Å²) in [6.07, 6.45) is 2.91. The Hall–Kier alpha value is -3.22. The van der Waals surface area contributed by atoms with E-state index in [-0.39, 0.29) is 23.2 Å². The first-order valence-electron chi connectivity index (χ1n) is 8.88. The van der Waals surface area contributed by atoms with E-state index in [9.17, 15) is 14.9 Å². The summed E-state index contributed by atoms with van der Waals surface area (Å²) < 4.78 is 11.7. The normalized spacial score (nSPS) is 14.7. The molecule has 0 unspecified atom stereocenters. The number of methoxy groups -OCH3 is 1. The molecular formula is C19H21N5O4. The van der Waals surface area contributed by atoms with Gasteiger partial charge in [-0.3, -0.25) is 14.0 Å². The average Bonchev–Trinajstić information content (AvgIpc) is 2.74. The van der Waals surface area contributed by atoms with Crippen LogP contribution in [0, 0.1) is 11.3 Å². The Kier molecular flexibility index (Phi) is 6.37. The number of rotatable bonds is 6. The Bertz CT molecular complexity index is 986. The van der Waals surface area contributed by atoms with Crippen LogP contribution in [0.5, 0.6) is 0 Å². The van der Waals surface area contributed by atoms with E-state index in [1.54, 1.807) is 24.4 Å². The number of pyridine rings is 1. The third-order valence-electron chi connectivity index (χ3n) is 4.31. The zero-order valence-electron chi connectivity index (χ0n) is 15.6. The molecule has 0 saturated carbocycles. The Morgan fingerprint density at radius 2 is 2.21 bits per heavy atom. The van der Waals surface area contributed by atoms with Crippen molar-refractivity contribution in [2.75, 3.05) is 51.5 Å². The van der Waals surface area contributed by atoms with Gasteiger partial charge >= 0.3 is 0 Å². The number of nitrogens with zero attached hydrogens (tertiary/aromatic N) is 4. The van der Waals surface area contributed by atoms with Crippen LogP contribution in [0.4, 0.5) is 5.82 Å². The van der Waals surface area contributed by atoms with Crippen LogP contribution >= 0.6 is 0 Å². The van der Waals surface area contributed by atoms with Gasteiger partial charge < -0.3 is 19.7 Å². The summed E-state index contributed by atoms with van der Waals surface area (Å²) >= 11 is 0. The second-order valence-corrected chi connectivity index (χ2v) is 6.10. The molecule has 0 aliphatic carbocycles. The van der Waals surface area contributed by atoms with Gasteiger partial charge in [0.05, 0.1) is 25.4 Å². The summed E-state index contributed by atoms with van der Waals surface area (Å²) in [5, 5.41) is 12.0. The molecule has 1 fully saturated rings. The third-order valence-corrected chi connectivity index (χ3v) is 4.31. The number of carbonyl (C=O) groups is 1. The van der Waals surface area contributed by atoms with Gasteiger partial charge in [-0.25, -0.2) is 4.98 Å². The molecule has 1 amide bonds. The van der Waals surface area contributed by atoms with Crippen LogP contribution in [-0.2, 0) is 14.3 Å². The van der Waals surface area contributed by atoms with Gasteiger partial charge in [0.25, 0.3) is 11.5 Å². The molecule has 0 spiro atoms. The van der Waals surface area contributed by atoms with E-state index in [1.807, 2.05) is 11.0 Å². The molecule has 28 heavy (non-hydrogen) atoms. The monoisotopic (exact) mass is 383 g/mol. The molecule has 0 aromatic carbocycles. The van der Waals surface area contributed by atoms with Gasteiger partial charge in [-0.05, 0) is 18.2 Å². The van der Waals surface area contributed by atoms with Crippen molar-refractivity contribution < 1.29 is 14.3 Å². The molecule has 1 N–H and O–H groups in total. The SMILES string of the molecule is COCCNC(=O)C(C#N)=Cc1c(N2CCOCC2)nc2ccccn2c1=O. The minimum atomic E-state index is -0.565. The van der Waals surface area contributed by atoms with E-state index in [1.165, 1.54) is 17.6 Å². The van der Waals surface area contributed by atoms with Gasteiger partial charge in [-0.2, -0.15) is 5.26 Å². The number of nitrogens with one attached hydrogen (secondary N) is 1. The summed E-state index contributed by atoms with van der Waals surface area (Å²) in [7, 11) is 1.52. The Morgan fingerprint density at radius 3 is 2.93 bits per heavy atom. The molecule has 1 aliphatic heterocycles. The summed E-state index contributed by atoms with van der Waals surface area (Å²) in [4.78, 5) is 31.9. The topological polar surface area (TPSA) is 109 Å². The van der Waals surface area contributed by atoms with Crippen LogP contribution in [0.25, 0.3) is 11.7 Å². The fourth-order valence-electron chi connectivity index (χ4n) is 2.89. The van der Waals surface area contributed by atoms with Crippen LogP contribution in [0.15, 0.2) is 34.8 Å². The average molecular weight is 383 g/mol. The number of ether oxygens (including phenoxy) is 2. The lowest BCUT2D eigenvalue weighted by atomic mass is 10.1. The number of fused-ring (bicyclic) bond motifs is 1. The van der Waals surface area contributed by atoms with Crippen molar-refractivity contribution in [1.29, 1.82) is 5.26 Å². The van der Waals surface area contributed by atoms with E-state index in [2.05, 4.69) is 10.3 Å². The van der Waals surface area contributed by atoms with Crippen LogP contribution in [0.2, 0.25) is 0 Å². The van der Waals surface area contributed by atoms with Gasteiger partial charge in [0.1, 0.15) is 23.1 Å². The Morgan fingerprint density at radius 1 is 1.43 bits per heavy atom. The predicted molar refractivity (Wildman–Crippen MR) is 103 cm³/mol. The Balaban J connectivity index is 2.09. The van der Waals surface area contributed by atoms with Gasteiger partial charge in [-0.1, -0.05) is 6.07 Å². The molecule has 3 heterocycles. The van der Waals surface area contributed by atoms with Gasteiger partial charge in [0.15, 0.2) is 0 Å². The zero-order chi connectivity index (χ0) is 19.9. The van der Waals surface area contributed by atoms with Crippen LogP contribution in [0.1, 0.15) is 5.56 Å². The van der Waals surface area contributed by atoms with Crippen molar-refractivity contribution in [3.05, 3.63) is 45.9 Å². The summed E-state index contributed by atoms with van der Waals surface area (Å²) in [5.74, 6) is -0.123. The first kappa shape index (κ1) is 19.5. The molecule has 1 saturated heterocycles. The number of carbonyl (C=O) groups excluding carboxylic acids is 1. The highest BCUT2D eigenvalue weighted by Crippen LogP contribution is 2.20. The molecule has 3 rings (SSSR count). The van der Waals surface area contributed by atoms with Crippen molar-refractivity contribution in [3.63, 3.8) is 0 Å². The summed E-state index contributed by atoms with van der Waals surface area (Å²) in [6.45, 7) is 2.75. The lowest BCUT2D eigenvalue weighted by Gasteiger charge is -2.29. The quantitative estimate of drug-likeness (QED) is 0.431. The second-order valence-electron chi connectivity index (χ2n) is 6.10. The predicted octanol–water partition coefficient (Wildman–Crippen LogP) is 0.201. The van der Waals surface area contributed by atoms with Gasteiger partial charge in [-0.15, -0.1) is 0 Å². The molecule has 9 nitrogen and oxygen atoms in total. The van der Waals surface area contributed by atoms with Crippen LogP contribution in [-0.4, -0.2) is 61.9 Å². The standard InChI is InChI=1S/C19H21N5O4/c1-27-9-5-21-18(25)14(13-20)12-15-17(23-7-10-28-11-8-23)22-16-4-2-3-6-24(16)19(15)26/h2-4,6,12H,5,7-11H2,1H3,(H,21,25). The first-order valence-corrected chi connectivity index (χ1v) is 8.88. The maximum atomic E-state index is 13.1. The summed E-state index contributed by atoms with van der Waals surface area (Å²) in [5.41, 5.74) is 0.183. The van der Waals surface area contributed by atoms with Gasteiger partial charge in [0.2, 0.25) is 0 Å². The van der Waals surface area contributed by atoms with Crippen molar-refractivity contribution in [2.45, 2.75) is 0 Å². The molecule has 0 radical (unpaired) electrons. The summed E-state index contributed by atoms with van der Waals surface area (Å²) in [6, 6.07) is 7.13. The Labute approximate surface area is 161 Å². The minimum absolute atomic E-state index is 0.166. The first-order chi connectivity index (χ1) is 13.7. The van der Waals surface area contributed by atoms with Crippen molar-refractivity contribution in [1.82, 2.24) is 14.7 Å². The molecule has 2 aromatic heterocycles. The fraction of sp³-hybridized carbons (Fsp3) is 0.368. The van der Waals surface area contributed by atoms with E-state index >= 15 is 0 Å². The van der Waals surface area contributed by atoms with Gasteiger partial charge in [0, 0.05) is 32.9 Å². The lowest BCUT2D eigenvalue weighted by Crippen LogP contribution is -2.38. The number of hydrogen-bond donors (Lipinski definition) is 1. The van der Waals surface area contributed by atoms with Crippen molar-refractivity contribution >= 4 is 23.4 Å². The number of anilines is 1. The number of aromatic nitrogens is 2. The highest BCUT2D eigenvalue weighted by Gasteiger charge is 2.21. The highest BCUT2D eigenvalue weighted by atomic mass is 16.5. The van der Waals surface area contributed by atoms with E-state index in [0.29, 0.717) is 44.4 Å². The molecule has 146 valence electrons. The maximum absolute atomic E-state index is 13.1. The van der Waals surface area contributed by atoms with E-state index in [4.69, 9.17) is 9.47 Å². The number of morpholine rings is 1. The maximum Gasteiger partial charge on any atom is 0.267 e. The fourth-order valence-corrected chi connectivity index (χ4v) is 2.89. The largest absolute Gasteiger partial charge is 0.383 e. The van der Waals surface area contributed by atoms with Crippen LogP contribution < -0.4 is 15.8 Å². The molecule has 0 atom stereocenters. The number of hydrogen-bond acceptors (Lipinski definition) is 7. The molecule has 2 aromatic rings. The van der Waals surface area contributed by atoms with Crippen LogP contribution in [0.3, 0.4) is 0 Å². The number of nitriles is 1. The van der Waals surface area contributed by atoms with E-state index in [0.717, 1.165) is 0 Å². The number of amides is 1. The lowest BCUT2D eigenvalue weighted by molar-refractivity contribution is -0.117. The molecule has 0 bridgehead atoms. The molecule has 9 heteroatoms. The third kappa shape index (κ3) is 4.19. The minimum Gasteiger partial charge on any atom is -0.383 e. The highest BCUT2D eigenvalue weighted by molar-refractivity contribution is 6.02. The molecule has 1 aliphatic rings. The second kappa shape index (κ2) is 9.12. The van der Waals surface area contributed by atoms with E-state index < -0.39 is 5.91 Å². The smallest absolute Gasteiger partial charge is 0.267 e. The zero-order valence-corrected chi connectivity index (χ0v) is 15.6. The van der Waals surface area contributed by atoms with Crippen molar-refractivity contribution in [2.24, 2.45) is 0 Å².